The molecule has 180 valence electrons. The molecule has 0 fully saturated rings. The highest BCUT2D eigenvalue weighted by atomic mass is 19.2. The number of rotatable bonds is 2. The molecule has 7 rings (SSSR count). The minimum atomic E-state index is -2.19. The molecule has 2 nitrogen and oxygen atoms in total. The lowest BCUT2D eigenvalue weighted by Crippen LogP contribution is -2.09. The molecular formula is C30H15F5N2. The maximum atomic E-state index is 15.1. The third kappa shape index (κ3) is 2.79. The van der Waals surface area contributed by atoms with Crippen LogP contribution in [-0.4, -0.2) is 9.13 Å². The Balaban J connectivity index is 1.76. The molecule has 5 aromatic carbocycles. The minimum absolute atomic E-state index is 0.317. The first kappa shape index (κ1) is 21.6. The summed E-state index contributed by atoms with van der Waals surface area (Å²) in [5, 5.41) is 3.12. The van der Waals surface area contributed by atoms with Crippen LogP contribution in [0.3, 0.4) is 0 Å². The van der Waals surface area contributed by atoms with Crippen molar-refractivity contribution in [3.63, 3.8) is 0 Å². The van der Waals surface area contributed by atoms with Gasteiger partial charge in [-0.05, 0) is 30.3 Å². The summed E-state index contributed by atoms with van der Waals surface area (Å²) in [7, 11) is 0. The van der Waals surface area contributed by atoms with Gasteiger partial charge in [-0.25, -0.2) is 22.0 Å². The summed E-state index contributed by atoms with van der Waals surface area (Å²) in [6, 6.07) is 27.8. The van der Waals surface area contributed by atoms with Crippen LogP contribution < -0.4 is 0 Å². The maximum absolute atomic E-state index is 15.1. The lowest BCUT2D eigenvalue weighted by Gasteiger charge is -2.12. The first-order chi connectivity index (χ1) is 18.0. The normalized spacial score (nSPS) is 11.9. The van der Waals surface area contributed by atoms with E-state index in [1.54, 1.807) is 30.3 Å². The Labute approximate surface area is 206 Å². The molecule has 0 spiro atoms. The van der Waals surface area contributed by atoms with E-state index < -0.39 is 34.8 Å². The van der Waals surface area contributed by atoms with E-state index in [0.717, 1.165) is 32.1 Å². The predicted octanol–water partition coefficient (Wildman–Crippen LogP) is 8.58. The average Bonchev–Trinajstić information content (AvgIpc) is 3.45. The highest BCUT2D eigenvalue weighted by Gasteiger charge is 2.29. The molecule has 0 aliphatic heterocycles. The minimum Gasteiger partial charge on any atom is -0.309 e. The molecule has 2 aromatic heterocycles. The number of aromatic nitrogens is 2. The van der Waals surface area contributed by atoms with Gasteiger partial charge in [0, 0.05) is 27.2 Å². The molecule has 0 radical (unpaired) electrons. The van der Waals surface area contributed by atoms with Gasteiger partial charge in [0.2, 0.25) is 5.82 Å². The molecule has 0 unspecified atom stereocenters. The largest absolute Gasteiger partial charge is 0.309 e. The van der Waals surface area contributed by atoms with E-state index in [1.165, 1.54) is 0 Å². The van der Waals surface area contributed by atoms with Crippen LogP contribution in [0.5, 0.6) is 0 Å². The summed E-state index contributed by atoms with van der Waals surface area (Å²) >= 11 is 0. The van der Waals surface area contributed by atoms with E-state index in [9.17, 15) is 13.2 Å². The van der Waals surface area contributed by atoms with Crippen LogP contribution in [0.25, 0.3) is 55.0 Å². The summed E-state index contributed by atoms with van der Waals surface area (Å²) in [6.07, 6.45) is 0. The van der Waals surface area contributed by atoms with Gasteiger partial charge in [0.05, 0.1) is 22.1 Å². The second-order valence-corrected chi connectivity index (χ2v) is 8.82. The Kier molecular flexibility index (Phi) is 4.48. The second-order valence-electron chi connectivity index (χ2n) is 8.82. The first-order valence-corrected chi connectivity index (χ1v) is 11.5. The molecule has 2 heterocycles. The van der Waals surface area contributed by atoms with Crippen molar-refractivity contribution in [3.05, 3.63) is 120 Å². The molecule has 0 amide bonds. The van der Waals surface area contributed by atoms with E-state index in [0.29, 0.717) is 21.8 Å². The van der Waals surface area contributed by atoms with Crippen molar-refractivity contribution in [2.45, 2.75) is 0 Å². The highest BCUT2D eigenvalue weighted by molar-refractivity contribution is 6.26. The van der Waals surface area contributed by atoms with Crippen molar-refractivity contribution in [1.82, 2.24) is 9.13 Å². The van der Waals surface area contributed by atoms with Crippen molar-refractivity contribution in [3.8, 4) is 11.4 Å². The van der Waals surface area contributed by atoms with Crippen LogP contribution in [0.2, 0.25) is 0 Å². The third-order valence-corrected chi connectivity index (χ3v) is 6.89. The van der Waals surface area contributed by atoms with E-state index in [1.807, 2.05) is 60.7 Å². The fraction of sp³-hybridized carbons (Fsp3) is 0. The monoisotopic (exact) mass is 498 g/mol. The van der Waals surface area contributed by atoms with Crippen LogP contribution in [-0.2, 0) is 0 Å². The van der Waals surface area contributed by atoms with Crippen molar-refractivity contribution in [2.24, 2.45) is 0 Å². The van der Waals surface area contributed by atoms with Crippen molar-refractivity contribution >= 4 is 43.6 Å². The molecule has 7 heteroatoms. The van der Waals surface area contributed by atoms with Crippen molar-refractivity contribution < 1.29 is 22.0 Å². The number of hydrogen-bond donors (Lipinski definition) is 0. The molecule has 0 aliphatic rings. The fourth-order valence-electron chi connectivity index (χ4n) is 5.38. The van der Waals surface area contributed by atoms with Gasteiger partial charge in [0.15, 0.2) is 23.3 Å². The number of hydrogen-bond acceptors (Lipinski definition) is 0. The van der Waals surface area contributed by atoms with Gasteiger partial charge in [0.1, 0.15) is 5.69 Å². The number of fused-ring (bicyclic) bond motifs is 7. The average molecular weight is 498 g/mol. The van der Waals surface area contributed by atoms with Crippen LogP contribution in [0.1, 0.15) is 0 Å². The Morgan fingerprint density at radius 2 is 0.946 bits per heavy atom. The van der Waals surface area contributed by atoms with Gasteiger partial charge < -0.3 is 9.13 Å². The smallest absolute Gasteiger partial charge is 0.200 e. The maximum Gasteiger partial charge on any atom is 0.200 e. The summed E-state index contributed by atoms with van der Waals surface area (Å²) in [4.78, 5) is 0. The zero-order valence-electron chi connectivity index (χ0n) is 18.9. The fourth-order valence-corrected chi connectivity index (χ4v) is 5.38. The molecule has 37 heavy (non-hydrogen) atoms. The van der Waals surface area contributed by atoms with Gasteiger partial charge >= 0.3 is 0 Å². The molecular weight excluding hydrogens is 483 g/mol. The lowest BCUT2D eigenvalue weighted by molar-refractivity contribution is 0.376. The molecule has 0 saturated heterocycles. The topological polar surface area (TPSA) is 9.86 Å². The van der Waals surface area contributed by atoms with Crippen LogP contribution in [0, 0.1) is 29.1 Å². The summed E-state index contributed by atoms with van der Waals surface area (Å²) in [5.41, 5.74) is 2.18. The first-order valence-electron chi connectivity index (χ1n) is 11.5. The highest BCUT2D eigenvalue weighted by Crippen LogP contribution is 2.42. The zero-order valence-corrected chi connectivity index (χ0v) is 18.9. The van der Waals surface area contributed by atoms with Crippen molar-refractivity contribution in [1.29, 1.82) is 0 Å². The second kappa shape index (κ2) is 7.67. The van der Waals surface area contributed by atoms with Gasteiger partial charge in [-0.3, -0.25) is 0 Å². The Morgan fingerprint density at radius 3 is 1.62 bits per heavy atom. The van der Waals surface area contributed by atoms with Crippen LogP contribution in [0.4, 0.5) is 22.0 Å². The molecule has 0 saturated carbocycles. The third-order valence-electron chi connectivity index (χ3n) is 6.89. The molecule has 0 atom stereocenters. The van der Waals surface area contributed by atoms with Gasteiger partial charge in [-0.15, -0.1) is 0 Å². The van der Waals surface area contributed by atoms with Gasteiger partial charge in [-0.2, -0.15) is 0 Å². The van der Waals surface area contributed by atoms with E-state index in [-0.39, 0.29) is 0 Å². The zero-order chi connectivity index (χ0) is 25.4. The summed E-state index contributed by atoms with van der Waals surface area (Å²) in [5.74, 6) is -9.93. The Bertz CT molecular complexity index is 2010. The summed E-state index contributed by atoms with van der Waals surface area (Å²) < 4.78 is 75.9. The number of nitrogens with zero attached hydrogens (tertiary/aromatic N) is 2. The summed E-state index contributed by atoms with van der Waals surface area (Å²) in [6.45, 7) is 0. The quantitative estimate of drug-likeness (QED) is 0.128. The Morgan fingerprint density at radius 1 is 0.405 bits per heavy atom. The predicted molar refractivity (Wildman–Crippen MR) is 135 cm³/mol. The van der Waals surface area contributed by atoms with Gasteiger partial charge in [-0.1, -0.05) is 60.7 Å². The lowest BCUT2D eigenvalue weighted by atomic mass is 10.1. The van der Waals surface area contributed by atoms with Gasteiger partial charge in [0.25, 0.3) is 0 Å². The number of benzene rings is 5. The molecule has 0 bridgehead atoms. The van der Waals surface area contributed by atoms with E-state index >= 15 is 8.78 Å². The van der Waals surface area contributed by atoms with Crippen molar-refractivity contribution in [2.75, 3.05) is 0 Å². The van der Waals surface area contributed by atoms with Crippen LogP contribution >= 0.6 is 0 Å². The number of para-hydroxylation sites is 3. The standard InChI is InChI=1S/C30H15F5N2/c31-24-25(32)27(34)30(28(35)26(24)33)37-21-13-7-5-11-19(21)23-22(37)15-14-18-17-10-4-6-12-20(17)36(29(18)23)16-8-2-1-3-9-16/h1-15H. The SMILES string of the molecule is Fc1c(F)c(F)c(-n2c3ccccc3c3c2ccc2c4ccccc4n(-c4ccccc4)c23)c(F)c1F. The molecule has 7 aromatic rings. The van der Waals surface area contributed by atoms with Crippen LogP contribution in [0.15, 0.2) is 91.0 Å². The molecule has 0 N–H and O–H groups in total. The Hall–Kier alpha value is -4.65. The number of halogens is 5. The molecule has 0 aliphatic carbocycles. The van der Waals surface area contributed by atoms with E-state index in [4.69, 9.17) is 0 Å². The van der Waals surface area contributed by atoms with E-state index in [2.05, 4.69) is 4.57 Å².